The van der Waals surface area contributed by atoms with E-state index < -0.39 is 0 Å². The Balaban J connectivity index is 1.86. The third-order valence-corrected chi connectivity index (χ3v) is 7.61. The average molecular weight is 250 g/mol. The van der Waals surface area contributed by atoms with Gasteiger partial charge in [0.2, 0.25) is 0 Å². The summed E-state index contributed by atoms with van der Waals surface area (Å²) in [6, 6.07) is 0. The monoisotopic (exact) mass is 250 g/mol. The highest BCUT2D eigenvalue weighted by Crippen LogP contribution is 2.70. The van der Waals surface area contributed by atoms with Crippen molar-refractivity contribution >= 4 is 0 Å². The van der Waals surface area contributed by atoms with Crippen LogP contribution >= 0.6 is 0 Å². The van der Waals surface area contributed by atoms with E-state index in [9.17, 15) is 5.11 Å². The molecule has 3 rings (SSSR count). The summed E-state index contributed by atoms with van der Waals surface area (Å²) < 4.78 is 0. The molecule has 3 aliphatic rings. The summed E-state index contributed by atoms with van der Waals surface area (Å²) in [5, 5.41) is 10.0. The van der Waals surface area contributed by atoms with Crippen LogP contribution in [-0.2, 0) is 0 Å². The fraction of sp³-hybridized carbons (Fsp3) is 1.00. The van der Waals surface area contributed by atoms with Gasteiger partial charge in [-0.05, 0) is 73.0 Å². The van der Waals surface area contributed by atoms with Crippen LogP contribution in [0.25, 0.3) is 0 Å². The third-order valence-electron chi connectivity index (χ3n) is 7.61. The van der Waals surface area contributed by atoms with Gasteiger partial charge in [-0.1, -0.05) is 27.7 Å². The molecule has 18 heavy (non-hydrogen) atoms. The van der Waals surface area contributed by atoms with Crippen LogP contribution in [0.15, 0.2) is 0 Å². The highest BCUT2D eigenvalue weighted by molar-refractivity contribution is 5.12. The molecule has 2 bridgehead atoms. The highest BCUT2D eigenvalue weighted by Gasteiger charge is 2.63. The quantitative estimate of drug-likeness (QED) is 0.738. The zero-order valence-corrected chi connectivity index (χ0v) is 12.6. The van der Waals surface area contributed by atoms with Crippen LogP contribution < -0.4 is 0 Å². The Hall–Kier alpha value is -0.0400. The fourth-order valence-electron chi connectivity index (χ4n) is 5.81. The Morgan fingerprint density at radius 2 is 1.72 bits per heavy atom. The Morgan fingerprint density at radius 3 is 2.28 bits per heavy atom. The molecule has 6 atom stereocenters. The Kier molecular flexibility index (Phi) is 2.86. The second kappa shape index (κ2) is 3.98. The number of aliphatic hydroxyl groups is 1. The van der Waals surface area contributed by atoms with E-state index in [-0.39, 0.29) is 6.10 Å². The molecule has 1 nitrogen and oxygen atoms in total. The number of rotatable bonds is 1. The van der Waals surface area contributed by atoms with Gasteiger partial charge in [0, 0.05) is 0 Å². The SMILES string of the molecule is CC1CCC(O)CC1[C@H]1C[C@@H]2CC[C@@]1(C)C2(C)C. The number of hydrogen-bond donors (Lipinski definition) is 1. The van der Waals surface area contributed by atoms with E-state index in [1.165, 1.54) is 25.7 Å². The van der Waals surface area contributed by atoms with Crippen LogP contribution in [0, 0.1) is 34.5 Å². The van der Waals surface area contributed by atoms with E-state index in [4.69, 9.17) is 0 Å². The molecule has 0 aromatic rings. The molecule has 0 radical (unpaired) electrons. The van der Waals surface area contributed by atoms with Crippen LogP contribution in [-0.4, -0.2) is 11.2 Å². The molecule has 0 aromatic carbocycles. The summed E-state index contributed by atoms with van der Waals surface area (Å²) in [7, 11) is 0. The van der Waals surface area contributed by atoms with E-state index in [0.29, 0.717) is 10.8 Å². The fourth-order valence-corrected chi connectivity index (χ4v) is 5.81. The molecule has 0 amide bonds. The van der Waals surface area contributed by atoms with Gasteiger partial charge in [0.1, 0.15) is 0 Å². The number of fused-ring (bicyclic) bond motifs is 2. The molecule has 0 spiro atoms. The van der Waals surface area contributed by atoms with Crippen LogP contribution in [0.1, 0.15) is 66.2 Å². The van der Waals surface area contributed by atoms with Crippen molar-refractivity contribution in [2.45, 2.75) is 72.3 Å². The van der Waals surface area contributed by atoms with Crippen molar-refractivity contribution in [3.8, 4) is 0 Å². The largest absolute Gasteiger partial charge is 0.393 e. The molecular weight excluding hydrogens is 220 g/mol. The van der Waals surface area contributed by atoms with Crippen LogP contribution in [0.2, 0.25) is 0 Å². The van der Waals surface area contributed by atoms with Crippen molar-refractivity contribution in [2.75, 3.05) is 0 Å². The van der Waals surface area contributed by atoms with Crippen molar-refractivity contribution in [2.24, 2.45) is 34.5 Å². The van der Waals surface area contributed by atoms with Crippen LogP contribution in [0.5, 0.6) is 0 Å². The number of hydrogen-bond acceptors (Lipinski definition) is 1. The lowest BCUT2D eigenvalue weighted by Crippen LogP contribution is -2.41. The van der Waals surface area contributed by atoms with Gasteiger partial charge >= 0.3 is 0 Å². The van der Waals surface area contributed by atoms with E-state index in [0.717, 1.165) is 36.5 Å². The molecule has 3 aliphatic carbocycles. The molecule has 1 heteroatoms. The van der Waals surface area contributed by atoms with Gasteiger partial charge in [-0.25, -0.2) is 0 Å². The van der Waals surface area contributed by atoms with Crippen molar-refractivity contribution in [3.05, 3.63) is 0 Å². The molecular formula is C17H30O. The van der Waals surface area contributed by atoms with E-state index in [2.05, 4.69) is 27.7 Å². The zero-order valence-electron chi connectivity index (χ0n) is 12.6. The van der Waals surface area contributed by atoms with Gasteiger partial charge in [-0.2, -0.15) is 0 Å². The Morgan fingerprint density at radius 1 is 1.00 bits per heavy atom. The van der Waals surface area contributed by atoms with Gasteiger partial charge in [-0.3, -0.25) is 0 Å². The maximum Gasteiger partial charge on any atom is 0.0543 e. The minimum Gasteiger partial charge on any atom is -0.393 e. The normalized spacial score (nSPS) is 54.8. The van der Waals surface area contributed by atoms with E-state index >= 15 is 0 Å². The number of aliphatic hydroxyl groups excluding tert-OH is 1. The predicted molar refractivity (Wildman–Crippen MR) is 75.2 cm³/mol. The highest BCUT2D eigenvalue weighted by atomic mass is 16.3. The summed E-state index contributed by atoms with van der Waals surface area (Å²) in [6.45, 7) is 10.0. The molecule has 3 unspecified atom stereocenters. The second-order valence-electron chi connectivity index (χ2n) is 8.32. The molecule has 0 saturated heterocycles. The van der Waals surface area contributed by atoms with Gasteiger partial charge in [0.15, 0.2) is 0 Å². The maximum atomic E-state index is 10.0. The smallest absolute Gasteiger partial charge is 0.0543 e. The Labute approximate surface area is 112 Å². The standard InChI is InChI=1S/C17H30O/c1-11-5-6-13(18)10-14(11)15-9-12-7-8-17(15,4)16(12,2)3/h11-15,18H,5-10H2,1-4H3/t11?,12-,13?,14?,15+,17+/m0/s1. The summed E-state index contributed by atoms with van der Waals surface area (Å²) in [4.78, 5) is 0. The van der Waals surface area contributed by atoms with Gasteiger partial charge in [0.25, 0.3) is 0 Å². The van der Waals surface area contributed by atoms with Crippen LogP contribution in [0.4, 0.5) is 0 Å². The zero-order chi connectivity index (χ0) is 13.1. The lowest BCUT2D eigenvalue weighted by Gasteiger charge is -2.46. The first kappa shape index (κ1) is 13.0. The summed E-state index contributed by atoms with van der Waals surface area (Å²) in [6.07, 6.45) is 7.64. The molecule has 0 heterocycles. The van der Waals surface area contributed by atoms with Crippen molar-refractivity contribution < 1.29 is 5.11 Å². The summed E-state index contributed by atoms with van der Waals surface area (Å²) in [5.41, 5.74) is 1.06. The predicted octanol–water partition coefficient (Wildman–Crippen LogP) is 4.25. The van der Waals surface area contributed by atoms with Gasteiger partial charge in [-0.15, -0.1) is 0 Å². The molecule has 104 valence electrons. The average Bonchev–Trinajstić information content (AvgIpc) is 2.64. The third kappa shape index (κ3) is 1.55. The summed E-state index contributed by atoms with van der Waals surface area (Å²) in [5.74, 6) is 3.42. The molecule has 0 aliphatic heterocycles. The van der Waals surface area contributed by atoms with Crippen molar-refractivity contribution in [1.82, 2.24) is 0 Å². The van der Waals surface area contributed by atoms with E-state index in [1.54, 1.807) is 0 Å². The molecule has 3 fully saturated rings. The lowest BCUT2D eigenvalue weighted by atomic mass is 9.59. The van der Waals surface area contributed by atoms with Crippen molar-refractivity contribution in [3.63, 3.8) is 0 Å². The maximum absolute atomic E-state index is 10.0. The molecule has 0 aromatic heterocycles. The topological polar surface area (TPSA) is 20.2 Å². The Bertz CT molecular complexity index is 335. The summed E-state index contributed by atoms with van der Waals surface area (Å²) >= 11 is 0. The van der Waals surface area contributed by atoms with E-state index in [1.807, 2.05) is 0 Å². The minimum atomic E-state index is -0.0166. The minimum absolute atomic E-state index is 0.0166. The first-order chi connectivity index (χ1) is 8.36. The first-order valence-electron chi connectivity index (χ1n) is 8.04. The van der Waals surface area contributed by atoms with Gasteiger partial charge < -0.3 is 5.11 Å². The molecule has 3 saturated carbocycles. The van der Waals surface area contributed by atoms with Crippen molar-refractivity contribution in [1.29, 1.82) is 0 Å². The lowest BCUT2D eigenvalue weighted by molar-refractivity contribution is -0.00822. The van der Waals surface area contributed by atoms with Crippen LogP contribution in [0.3, 0.4) is 0 Å². The molecule has 1 N–H and O–H groups in total. The van der Waals surface area contributed by atoms with Gasteiger partial charge in [0.05, 0.1) is 6.10 Å². The first-order valence-corrected chi connectivity index (χ1v) is 8.04. The second-order valence-corrected chi connectivity index (χ2v) is 8.32.